The summed E-state index contributed by atoms with van der Waals surface area (Å²) in [4.78, 5) is 11.2. The number of hydrogen-bond donors (Lipinski definition) is 2. The molecule has 0 aromatic heterocycles. The van der Waals surface area contributed by atoms with E-state index in [4.69, 9.17) is 0 Å². The van der Waals surface area contributed by atoms with Crippen molar-refractivity contribution in [2.24, 2.45) is 0 Å². The summed E-state index contributed by atoms with van der Waals surface area (Å²) in [5.41, 5.74) is 0.821. The van der Waals surface area contributed by atoms with Crippen molar-refractivity contribution in [1.29, 1.82) is 0 Å². The van der Waals surface area contributed by atoms with E-state index in [1.807, 2.05) is 0 Å². The van der Waals surface area contributed by atoms with Gasteiger partial charge in [0.05, 0.1) is 5.69 Å². The second-order valence-corrected chi connectivity index (χ2v) is 3.69. The number of halogens is 1. The maximum atomic E-state index is 13.5. The summed E-state index contributed by atoms with van der Waals surface area (Å²) < 4.78 is 13.5. The van der Waals surface area contributed by atoms with Crippen LogP contribution in [0.1, 0.15) is 23.2 Å². The normalized spacial score (nSPS) is 14.8. The van der Waals surface area contributed by atoms with Crippen molar-refractivity contribution in [3.63, 3.8) is 0 Å². The average Bonchev–Trinajstić information content (AvgIpc) is 3.04. The van der Waals surface area contributed by atoms with Gasteiger partial charge in [-0.1, -0.05) is 0 Å². The summed E-state index contributed by atoms with van der Waals surface area (Å²) >= 11 is 0. The number of carbonyl (C=O) groups is 1. The van der Waals surface area contributed by atoms with Crippen molar-refractivity contribution in [3.05, 3.63) is 29.6 Å². The Morgan fingerprint density at radius 1 is 1.47 bits per heavy atom. The topological polar surface area (TPSA) is 41.1 Å². The van der Waals surface area contributed by atoms with E-state index in [1.165, 1.54) is 13.1 Å². The minimum Gasteiger partial charge on any atom is -0.380 e. The Morgan fingerprint density at radius 2 is 2.20 bits per heavy atom. The molecule has 2 N–H and O–H groups in total. The third kappa shape index (κ3) is 2.26. The fourth-order valence-corrected chi connectivity index (χ4v) is 1.37. The molecule has 0 aliphatic heterocycles. The molecule has 0 saturated heterocycles. The molecular formula is C11H13FN2O. The first-order valence-electron chi connectivity index (χ1n) is 4.99. The van der Waals surface area contributed by atoms with Gasteiger partial charge in [-0.05, 0) is 31.0 Å². The number of hydrogen-bond acceptors (Lipinski definition) is 2. The molecule has 0 radical (unpaired) electrons. The van der Waals surface area contributed by atoms with Crippen LogP contribution in [0.25, 0.3) is 0 Å². The molecule has 1 amide bonds. The van der Waals surface area contributed by atoms with Crippen molar-refractivity contribution in [1.82, 2.24) is 5.32 Å². The maximum Gasteiger partial charge on any atom is 0.251 e. The lowest BCUT2D eigenvalue weighted by Gasteiger charge is -2.07. The van der Waals surface area contributed by atoms with Gasteiger partial charge in [-0.2, -0.15) is 0 Å². The lowest BCUT2D eigenvalue weighted by Crippen LogP contribution is -2.18. The van der Waals surface area contributed by atoms with Crippen LogP contribution in [0.15, 0.2) is 18.2 Å². The minimum atomic E-state index is -0.372. The van der Waals surface area contributed by atoms with E-state index in [1.54, 1.807) is 12.1 Å². The first-order chi connectivity index (χ1) is 7.20. The number of rotatable bonds is 3. The standard InChI is InChI=1S/C11H13FN2O/c1-13-11(15)7-2-5-10(9(12)6-7)14-8-3-4-8/h2,5-6,8,14H,3-4H2,1H3,(H,13,15). The molecule has 15 heavy (non-hydrogen) atoms. The number of nitrogens with one attached hydrogen (secondary N) is 2. The van der Waals surface area contributed by atoms with Crippen LogP contribution in [-0.2, 0) is 0 Å². The Balaban J connectivity index is 2.17. The van der Waals surface area contributed by atoms with Crippen molar-refractivity contribution in [2.45, 2.75) is 18.9 Å². The fraction of sp³-hybridized carbons (Fsp3) is 0.364. The second kappa shape index (κ2) is 3.88. The molecule has 1 saturated carbocycles. The van der Waals surface area contributed by atoms with E-state index in [9.17, 15) is 9.18 Å². The zero-order valence-corrected chi connectivity index (χ0v) is 8.51. The average molecular weight is 208 g/mol. The summed E-state index contributed by atoms with van der Waals surface area (Å²) in [6.07, 6.45) is 2.19. The van der Waals surface area contributed by atoms with Crippen LogP contribution < -0.4 is 10.6 Å². The predicted octanol–water partition coefficient (Wildman–Crippen LogP) is 1.76. The van der Waals surface area contributed by atoms with Crippen LogP contribution in [0, 0.1) is 5.82 Å². The van der Waals surface area contributed by atoms with E-state index in [0.717, 1.165) is 12.8 Å². The summed E-state index contributed by atoms with van der Waals surface area (Å²) in [6, 6.07) is 4.89. The Bertz CT molecular complexity index is 388. The van der Waals surface area contributed by atoms with E-state index >= 15 is 0 Å². The lowest BCUT2D eigenvalue weighted by molar-refractivity contribution is 0.0962. The maximum absolute atomic E-state index is 13.5. The second-order valence-electron chi connectivity index (χ2n) is 3.69. The van der Waals surface area contributed by atoms with Crippen molar-refractivity contribution < 1.29 is 9.18 Å². The summed E-state index contributed by atoms with van der Waals surface area (Å²) in [6.45, 7) is 0. The highest BCUT2D eigenvalue weighted by molar-refractivity contribution is 5.94. The van der Waals surface area contributed by atoms with Gasteiger partial charge in [-0.3, -0.25) is 4.79 Å². The Hall–Kier alpha value is -1.58. The van der Waals surface area contributed by atoms with Gasteiger partial charge >= 0.3 is 0 Å². The molecule has 3 nitrogen and oxygen atoms in total. The highest BCUT2D eigenvalue weighted by Crippen LogP contribution is 2.26. The first-order valence-corrected chi connectivity index (χ1v) is 4.99. The molecular weight excluding hydrogens is 195 g/mol. The SMILES string of the molecule is CNC(=O)c1ccc(NC2CC2)c(F)c1. The van der Waals surface area contributed by atoms with Crippen molar-refractivity contribution >= 4 is 11.6 Å². The van der Waals surface area contributed by atoms with Crippen LogP contribution in [-0.4, -0.2) is 19.0 Å². The van der Waals surface area contributed by atoms with Gasteiger partial charge < -0.3 is 10.6 Å². The minimum absolute atomic E-state index is 0.271. The molecule has 0 atom stereocenters. The van der Waals surface area contributed by atoms with E-state index < -0.39 is 0 Å². The molecule has 1 aromatic carbocycles. The van der Waals surface area contributed by atoms with Gasteiger partial charge in [0.2, 0.25) is 0 Å². The number of carbonyl (C=O) groups excluding carboxylic acids is 1. The van der Waals surface area contributed by atoms with E-state index in [2.05, 4.69) is 10.6 Å². The molecule has 1 aliphatic rings. The van der Waals surface area contributed by atoms with Gasteiger partial charge in [0.15, 0.2) is 0 Å². The largest absolute Gasteiger partial charge is 0.380 e. The number of benzene rings is 1. The molecule has 4 heteroatoms. The highest BCUT2D eigenvalue weighted by atomic mass is 19.1. The Morgan fingerprint density at radius 3 is 2.73 bits per heavy atom. The van der Waals surface area contributed by atoms with Gasteiger partial charge in [0.1, 0.15) is 5.82 Å². The smallest absolute Gasteiger partial charge is 0.251 e. The van der Waals surface area contributed by atoms with Gasteiger partial charge in [-0.15, -0.1) is 0 Å². The van der Waals surface area contributed by atoms with Crippen LogP contribution in [0.2, 0.25) is 0 Å². The molecule has 1 aromatic rings. The molecule has 1 aliphatic carbocycles. The molecule has 0 bridgehead atoms. The summed E-state index contributed by atoms with van der Waals surface area (Å²) in [5.74, 6) is -0.644. The van der Waals surface area contributed by atoms with Crippen LogP contribution in [0.3, 0.4) is 0 Å². The first kappa shape index (κ1) is 9.96. The molecule has 0 spiro atoms. The third-order valence-electron chi connectivity index (χ3n) is 2.40. The Labute approximate surface area is 87.7 Å². The van der Waals surface area contributed by atoms with Crippen LogP contribution >= 0.6 is 0 Å². The monoisotopic (exact) mass is 208 g/mol. The zero-order valence-electron chi connectivity index (χ0n) is 8.51. The molecule has 1 fully saturated rings. The summed E-state index contributed by atoms with van der Waals surface area (Å²) in [7, 11) is 1.52. The van der Waals surface area contributed by atoms with Crippen LogP contribution in [0.4, 0.5) is 10.1 Å². The zero-order chi connectivity index (χ0) is 10.8. The number of amides is 1. The van der Waals surface area contributed by atoms with Crippen molar-refractivity contribution in [3.8, 4) is 0 Å². The predicted molar refractivity (Wildman–Crippen MR) is 56.4 cm³/mol. The Kier molecular flexibility index (Phi) is 2.58. The third-order valence-corrected chi connectivity index (χ3v) is 2.40. The molecule has 0 unspecified atom stereocenters. The highest BCUT2D eigenvalue weighted by Gasteiger charge is 2.22. The number of anilines is 1. The summed E-state index contributed by atoms with van der Waals surface area (Å²) in [5, 5.41) is 5.52. The van der Waals surface area contributed by atoms with Crippen LogP contribution in [0.5, 0.6) is 0 Å². The fourth-order valence-electron chi connectivity index (χ4n) is 1.37. The lowest BCUT2D eigenvalue weighted by atomic mass is 10.2. The molecule has 80 valence electrons. The van der Waals surface area contributed by atoms with Gasteiger partial charge in [-0.25, -0.2) is 4.39 Å². The van der Waals surface area contributed by atoms with E-state index in [0.29, 0.717) is 17.3 Å². The quantitative estimate of drug-likeness (QED) is 0.794. The van der Waals surface area contributed by atoms with Gasteiger partial charge in [0, 0.05) is 18.7 Å². The molecule has 0 heterocycles. The van der Waals surface area contributed by atoms with Crippen molar-refractivity contribution in [2.75, 3.05) is 12.4 Å². The van der Waals surface area contributed by atoms with Gasteiger partial charge in [0.25, 0.3) is 5.91 Å². The van der Waals surface area contributed by atoms with E-state index in [-0.39, 0.29) is 11.7 Å². The molecule has 2 rings (SSSR count).